The van der Waals surface area contributed by atoms with Crippen molar-refractivity contribution in [3.63, 3.8) is 0 Å². The Hall–Kier alpha value is -1.30. The fraction of sp³-hybridized carbons (Fsp3) is 0.588. The molecule has 3 N–H and O–H groups in total. The van der Waals surface area contributed by atoms with Crippen LogP contribution in [0.25, 0.3) is 0 Å². The Morgan fingerprint density at radius 1 is 1.26 bits per heavy atom. The van der Waals surface area contributed by atoms with Crippen LogP contribution < -0.4 is 10.6 Å². The van der Waals surface area contributed by atoms with Gasteiger partial charge in [-0.15, -0.1) is 0 Å². The van der Waals surface area contributed by atoms with Gasteiger partial charge in [0, 0.05) is 30.7 Å². The molecule has 0 radical (unpaired) electrons. The van der Waals surface area contributed by atoms with E-state index in [1.54, 1.807) is 24.3 Å². The second kappa shape index (κ2) is 7.51. The molecule has 1 heterocycles. The zero-order valence-corrected chi connectivity index (χ0v) is 13.9. The molecular formula is C17H24ClN3O2. The van der Waals surface area contributed by atoms with E-state index in [1.165, 1.54) is 12.8 Å². The van der Waals surface area contributed by atoms with Gasteiger partial charge in [0.1, 0.15) is 0 Å². The average Bonchev–Trinajstić information content (AvgIpc) is 3.30. The fourth-order valence-corrected chi connectivity index (χ4v) is 3.22. The van der Waals surface area contributed by atoms with Gasteiger partial charge in [-0.25, -0.2) is 4.79 Å². The Labute approximate surface area is 142 Å². The van der Waals surface area contributed by atoms with Crippen molar-refractivity contribution in [3.8, 4) is 0 Å². The Morgan fingerprint density at radius 3 is 2.70 bits per heavy atom. The maximum atomic E-state index is 11.8. The number of nitrogens with one attached hydrogen (secondary N) is 2. The first-order chi connectivity index (χ1) is 11.1. The van der Waals surface area contributed by atoms with Crippen molar-refractivity contribution in [1.29, 1.82) is 0 Å². The van der Waals surface area contributed by atoms with Crippen molar-refractivity contribution in [2.75, 3.05) is 26.2 Å². The first kappa shape index (κ1) is 16.6. The smallest absolute Gasteiger partial charge is 0.314 e. The zero-order valence-electron chi connectivity index (χ0n) is 13.2. The number of aliphatic hydroxyl groups is 1. The first-order valence-corrected chi connectivity index (χ1v) is 8.69. The van der Waals surface area contributed by atoms with Gasteiger partial charge in [-0.3, -0.25) is 0 Å². The van der Waals surface area contributed by atoms with Crippen molar-refractivity contribution in [2.45, 2.75) is 31.4 Å². The largest absolute Gasteiger partial charge is 0.387 e. The molecule has 2 amide bonds. The number of carbonyl (C=O) groups is 1. The maximum absolute atomic E-state index is 11.8. The van der Waals surface area contributed by atoms with Gasteiger partial charge in [-0.1, -0.05) is 23.7 Å². The van der Waals surface area contributed by atoms with Gasteiger partial charge < -0.3 is 20.6 Å². The van der Waals surface area contributed by atoms with Crippen molar-refractivity contribution < 1.29 is 9.90 Å². The van der Waals surface area contributed by atoms with Crippen LogP contribution in [0.4, 0.5) is 4.79 Å². The molecule has 2 unspecified atom stereocenters. The first-order valence-electron chi connectivity index (χ1n) is 8.31. The SMILES string of the molecule is O=C(NCC1CCN(C2CC2)C1)NCC(O)c1ccc(Cl)cc1. The van der Waals surface area contributed by atoms with E-state index >= 15 is 0 Å². The van der Waals surface area contributed by atoms with Crippen LogP contribution >= 0.6 is 11.6 Å². The highest BCUT2D eigenvalue weighted by molar-refractivity contribution is 6.30. The molecule has 126 valence electrons. The summed E-state index contributed by atoms with van der Waals surface area (Å²) in [6.45, 7) is 3.14. The van der Waals surface area contributed by atoms with Crippen LogP contribution in [0.15, 0.2) is 24.3 Å². The van der Waals surface area contributed by atoms with Gasteiger partial charge >= 0.3 is 6.03 Å². The number of urea groups is 1. The summed E-state index contributed by atoms with van der Waals surface area (Å²) in [6, 6.07) is 7.57. The molecule has 0 spiro atoms. The second-order valence-electron chi connectivity index (χ2n) is 6.54. The third kappa shape index (κ3) is 4.83. The van der Waals surface area contributed by atoms with E-state index in [0.29, 0.717) is 17.5 Å². The number of carbonyl (C=O) groups excluding carboxylic acids is 1. The summed E-state index contributed by atoms with van der Waals surface area (Å²) in [4.78, 5) is 14.4. The minimum Gasteiger partial charge on any atom is -0.387 e. The molecule has 1 aromatic rings. The van der Waals surface area contributed by atoms with E-state index in [2.05, 4.69) is 15.5 Å². The van der Waals surface area contributed by atoms with Gasteiger partial charge in [0.15, 0.2) is 0 Å². The number of benzene rings is 1. The number of halogens is 1. The van der Waals surface area contributed by atoms with E-state index in [0.717, 1.165) is 31.1 Å². The molecule has 1 saturated carbocycles. The van der Waals surface area contributed by atoms with Gasteiger partial charge in [0.25, 0.3) is 0 Å². The fourth-order valence-electron chi connectivity index (χ4n) is 3.09. The van der Waals surface area contributed by atoms with Crippen LogP contribution in [0, 0.1) is 5.92 Å². The molecule has 23 heavy (non-hydrogen) atoms. The second-order valence-corrected chi connectivity index (χ2v) is 6.98. The lowest BCUT2D eigenvalue weighted by Crippen LogP contribution is -2.40. The topological polar surface area (TPSA) is 64.6 Å². The van der Waals surface area contributed by atoms with Crippen molar-refractivity contribution in [3.05, 3.63) is 34.9 Å². The number of rotatable bonds is 6. The van der Waals surface area contributed by atoms with Crippen LogP contribution in [0.3, 0.4) is 0 Å². The summed E-state index contributed by atoms with van der Waals surface area (Å²) in [6.07, 6.45) is 3.10. The molecule has 2 atom stereocenters. The number of amides is 2. The minimum atomic E-state index is -0.727. The van der Waals surface area contributed by atoms with Crippen LogP contribution in [0.5, 0.6) is 0 Å². The summed E-state index contributed by atoms with van der Waals surface area (Å²) in [5.74, 6) is 0.544. The normalized spacial score (nSPS) is 22.8. The Bertz CT molecular complexity index is 533. The van der Waals surface area contributed by atoms with Gasteiger partial charge in [0.05, 0.1) is 6.10 Å². The summed E-state index contributed by atoms with van der Waals surface area (Å²) in [5, 5.41) is 16.3. The highest BCUT2D eigenvalue weighted by Gasteiger charge is 2.34. The Balaban J connectivity index is 1.34. The quantitative estimate of drug-likeness (QED) is 0.745. The molecule has 1 aliphatic carbocycles. The number of hydrogen-bond donors (Lipinski definition) is 3. The van der Waals surface area contributed by atoms with Crippen molar-refractivity contribution >= 4 is 17.6 Å². The summed E-state index contributed by atoms with van der Waals surface area (Å²) < 4.78 is 0. The number of nitrogens with zero attached hydrogens (tertiary/aromatic N) is 1. The van der Waals surface area contributed by atoms with E-state index < -0.39 is 6.10 Å². The molecule has 0 bridgehead atoms. The van der Waals surface area contributed by atoms with E-state index in [4.69, 9.17) is 11.6 Å². The lowest BCUT2D eigenvalue weighted by Gasteiger charge is -2.16. The molecular weight excluding hydrogens is 314 g/mol. The average molecular weight is 338 g/mol. The third-order valence-corrected chi connectivity index (χ3v) is 4.89. The number of aliphatic hydroxyl groups excluding tert-OH is 1. The van der Waals surface area contributed by atoms with Crippen molar-refractivity contribution in [2.24, 2.45) is 5.92 Å². The molecule has 1 aromatic carbocycles. The molecule has 6 heteroatoms. The Kier molecular flexibility index (Phi) is 5.41. The van der Waals surface area contributed by atoms with Gasteiger partial charge in [0.2, 0.25) is 0 Å². The van der Waals surface area contributed by atoms with Gasteiger partial charge in [-0.2, -0.15) is 0 Å². The lowest BCUT2D eigenvalue weighted by atomic mass is 10.1. The van der Waals surface area contributed by atoms with E-state index in [-0.39, 0.29) is 12.6 Å². The molecule has 1 aliphatic heterocycles. The highest BCUT2D eigenvalue weighted by atomic mass is 35.5. The van der Waals surface area contributed by atoms with E-state index in [1.807, 2.05) is 0 Å². The number of likely N-dealkylation sites (tertiary alicyclic amines) is 1. The molecule has 2 fully saturated rings. The predicted octanol–water partition coefficient (Wildman–Crippen LogP) is 2.16. The third-order valence-electron chi connectivity index (χ3n) is 4.64. The maximum Gasteiger partial charge on any atom is 0.314 e. The molecule has 2 aliphatic rings. The standard InChI is InChI=1S/C17H24ClN3O2/c18-14-3-1-13(2-4-14)16(22)10-20-17(23)19-9-12-7-8-21(11-12)15-5-6-15/h1-4,12,15-16,22H,5-11H2,(H2,19,20,23). The van der Waals surface area contributed by atoms with Crippen LogP contribution in [0.1, 0.15) is 30.9 Å². The van der Waals surface area contributed by atoms with Crippen LogP contribution in [0.2, 0.25) is 5.02 Å². The summed E-state index contributed by atoms with van der Waals surface area (Å²) in [7, 11) is 0. The predicted molar refractivity (Wildman–Crippen MR) is 90.5 cm³/mol. The van der Waals surface area contributed by atoms with Gasteiger partial charge in [-0.05, 0) is 49.4 Å². The summed E-state index contributed by atoms with van der Waals surface area (Å²) >= 11 is 5.82. The van der Waals surface area contributed by atoms with Crippen LogP contribution in [-0.4, -0.2) is 48.3 Å². The zero-order chi connectivity index (χ0) is 16.2. The highest BCUT2D eigenvalue weighted by Crippen LogP contribution is 2.31. The monoisotopic (exact) mass is 337 g/mol. The van der Waals surface area contributed by atoms with E-state index in [9.17, 15) is 9.90 Å². The Morgan fingerprint density at radius 2 is 2.00 bits per heavy atom. The molecule has 0 aromatic heterocycles. The van der Waals surface area contributed by atoms with Crippen LogP contribution in [-0.2, 0) is 0 Å². The molecule has 5 nitrogen and oxygen atoms in total. The molecule has 3 rings (SSSR count). The molecule has 1 saturated heterocycles. The summed E-state index contributed by atoms with van der Waals surface area (Å²) in [5.41, 5.74) is 0.741. The lowest BCUT2D eigenvalue weighted by molar-refractivity contribution is 0.173. The van der Waals surface area contributed by atoms with Crippen molar-refractivity contribution in [1.82, 2.24) is 15.5 Å². The number of hydrogen-bond acceptors (Lipinski definition) is 3. The minimum absolute atomic E-state index is 0.187.